The van der Waals surface area contributed by atoms with Crippen molar-refractivity contribution in [3.05, 3.63) is 24.2 Å². The number of hydrogen-bond acceptors (Lipinski definition) is 5. The minimum absolute atomic E-state index is 0.00391. The number of piperazine rings is 1. The Balaban J connectivity index is 1.60. The summed E-state index contributed by atoms with van der Waals surface area (Å²) < 4.78 is 10.1. The third-order valence-electron chi connectivity index (χ3n) is 3.59. The lowest BCUT2D eigenvalue weighted by Crippen LogP contribution is -2.49. The van der Waals surface area contributed by atoms with Crippen LogP contribution in [-0.4, -0.2) is 61.1 Å². The maximum Gasteiger partial charge on any atom is 0.409 e. The van der Waals surface area contributed by atoms with Crippen molar-refractivity contribution in [2.45, 2.75) is 19.9 Å². The van der Waals surface area contributed by atoms with Gasteiger partial charge in [0.05, 0.1) is 19.4 Å². The van der Waals surface area contributed by atoms with Gasteiger partial charge in [0.15, 0.2) is 0 Å². The molecule has 1 aliphatic rings. The van der Waals surface area contributed by atoms with E-state index in [1.807, 2.05) is 6.07 Å². The molecular formula is C15H23N3O4. The van der Waals surface area contributed by atoms with Crippen LogP contribution in [-0.2, 0) is 16.1 Å². The quantitative estimate of drug-likeness (QED) is 0.850. The van der Waals surface area contributed by atoms with Crippen LogP contribution in [0.4, 0.5) is 4.79 Å². The number of nitrogens with one attached hydrogen (secondary N) is 1. The van der Waals surface area contributed by atoms with Crippen LogP contribution in [0.1, 0.15) is 19.1 Å². The predicted octanol–water partition coefficient (Wildman–Crippen LogP) is 1.06. The van der Waals surface area contributed by atoms with E-state index in [1.165, 1.54) is 0 Å². The van der Waals surface area contributed by atoms with Gasteiger partial charge in [0.2, 0.25) is 5.91 Å². The maximum atomic E-state index is 11.8. The third kappa shape index (κ3) is 5.07. The molecule has 1 aromatic rings. The number of carbonyl (C=O) groups excluding carboxylic acids is 2. The summed E-state index contributed by atoms with van der Waals surface area (Å²) in [5.41, 5.74) is 0. The number of hydrogen-bond donors (Lipinski definition) is 1. The Morgan fingerprint density at radius 3 is 2.73 bits per heavy atom. The fraction of sp³-hybridized carbons (Fsp3) is 0.600. The molecule has 1 aliphatic heterocycles. The van der Waals surface area contributed by atoms with Crippen molar-refractivity contribution in [2.75, 3.05) is 39.3 Å². The van der Waals surface area contributed by atoms with Gasteiger partial charge in [-0.05, 0) is 19.1 Å². The monoisotopic (exact) mass is 309 g/mol. The van der Waals surface area contributed by atoms with Crippen LogP contribution in [0.3, 0.4) is 0 Å². The van der Waals surface area contributed by atoms with Gasteiger partial charge >= 0.3 is 6.09 Å². The molecule has 0 aromatic carbocycles. The number of nitrogens with zero attached hydrogens (tertiary/aromatic N) is 2. The van der Waals surface area contributed by atoms with Gasteiger partial charge in [-0.1, -0.05) is 0 Å². The topological polar surface area (TPSA) is 75.0 Å². The number of carbonyl (C=O) groups is 2. The molecule has 0 aliphatic carbocycles. The maximum absolute atomic E-state index is 11.8. The van der Waals surface area contributed by atoms with Crippen LogP contribution in [0.5, 0.6) is 0 Å². The average molecular weight is 309 g/mol. The van der Waals surface area contributed by atoms with Gasteiger partial charge in [-0.25, -0.2) is 4.79 Å². The van der Waals surface area contributed by atoms with Crippen LogP contribution in [0, 0.1) is 0 Å². The first-order valence-electron chi connectivity index (χ1n) is 7.62. The smallest absolute Gasteiger partial charge is 0.409 e. The lowest BCUT2D eigenvalue weighted by molar-refractivity contribution is -0.121. The first-order chi connectivity index (χ1) is 10.7. The van der Waals surface area contributed by atoms with Crippen LogP contribution >= 0.6 is 0 Å². The first kappa shape index (κ1) is 16.4. The fourth-order valence-electron chi connectivity index (χ4n) is 2.32. The number of furan rings is 1. The van der Waals surface area contributed by atoms with Crippen molar-refractivity contribution in [3.8, 4) is 0 Å². The standard InChI is InChI=1S/C15H23N3O4/c1-2-21-15(20)18-9-7-17(8-10-18)6-5-14(19)16-12-13-4-3-11-22-13/h3-4,11H,2,5-10,12H2,1H3,(H,16,19). The van der Waals surface area contributed by atoms with Crippen molar-refractivity contribution < 1.29 is 18.7 Å². The van der Waals surface area contributed by atoms with E-state index in [0.29, 0.717) is 39.2 Å². The van der Waals surface area contributed by atoms with Gasteiger partial charge in [0, 0.05) is 39.1 Å². The molecule has 2 heterocycles. The molecule has 1 saturated heterocycles. The summed E-state index contributed by atoms with van der Waals surface area (Å²) in [4.78, 5) is 27.2. The molecule has 0 atom stereocenters. The molecule has 0 unspecified atom stereocenters. The summed E-state index contributed by atoms with van der Waals surface area (Å²) >= 11 is 0. The first-order valence-corrected chi connectivity index (χ1v) is 7.62. The lowest BCUT2D eigenvalue weighted by Gasteiger charge is -2.33. The molecule has 1 aromatic heterocycles. The summed E-state index contributed by atoms with van der Waals surface area (Å²) in [7, 11) is 0. The Bertz CT molecular complexity index is 467. The molecule has 2 rings (SSSR count). The predicted molar refractivity (Wildman–Crippen MR) is 80.2 cm³/mol. The fourth-order valence-corrected chi connectivity index (χ4v) is 2.32. The van der Waals surface area contributed by atoms with E-state index < -0.39 is 0 Å². The van der Waals surface area contributed by atoms with E-state index in [0.717, 1.165) is 18.8 Å². The molecular weight excluding hydrogens is 286 g/mol. The molecule has 0 bridgehead atoms. The van der Waals surface area contributed by atoms with Gasteiger partial charge in [-0.15, -0.1) is 0 Å². The van der Waals surface area contributed by atoms with Crippen LogP contribution in [0.15, 0.2) is 22.8 Å². The highest BCUT2D eigenvalue weighted by molar-refractivity contribution is 5.76. The summed E-state index contributed by atoms with van der Waals surface area (Å²) in [5.74, 6) is 0.751. The molecule has 0 saturated carbocycles. The van der Waals surface area contributed by atoms with Crippen molar-refractivity contribution >= 4 is 12.0 Å². The highest BCUT2D eigenvalue weighted by Crippen LogP contribution is 2.05. The molecule has 122 valence electrons. The van der Waals surface area contributed by atoms with E-state index in [2.05, 4.69) is 10.2 Å². The summed E-state index contributed by atoms with van der Waals surface area (Å²) in [6.07, 6.45) is 1.78. The molecule has 2 amide bonds. The van der Waals surface area contributed by atoms with E-state index in [1.54, 1.807) is 24.2 Å². The highest BCUT2D eigenvalue weighted by atomic mass is 16.6. The highest BCUT2D eigenvalue weighted by Gasteiger charge is 2.21. The number of rotatable bonds is 6. The summed E-state index contributed by atoms with van der Waals surface area (Å²) in [5, 5.41) is 2.82. The molecule has 0 radical (unpaired) electrons. The molecule has 0 spiro atoms. The molecule has 7 heteroatoms. The van der Waals surface area contributed by atoms with Gasteiger partial charge in [-0.2, -0.15) is 0 Å². The van der Waals surface area contributed by atoms with E-state index in [9.17, 15) is 9.59 Å². The lowest BCUT2D eigenvalue weighted by atomic mass is 10.3. The zero-order chi connectivity index (χ0) is 15.8. The Hall–Kier alpha value is -2.02. The molecule has 1 fully saturated rings. The molecule has 1 N–H and O–H groups in total. The SMILES string of the molecule is CCOC(=O)N1CCN(CCC(=O)NCc2ccco2)CC1. The van der Waals surface area contributed by atoms with Gasteiger partial charge in [0.25, 0.3) is 0 Å². The van der Waals surface area contributed by atoms with Crippen LogP contribution < -0.4 is 5.32 Å². The van der Waals surface area contributed by atoms with Crippen molar-refractivity contribution in [1.82, 2.24) is 15.1 Å². The van der Waals surface area contributed by atoms with Crippen LogP contribution in [0.25, 0.3) is 0 Å². The second-order valence-electron chi connectivity index (χ2n) is 5.13. The zero-order valence-electron chi connectivity index (χ0n) is 12.9. The van der Waals surface area contributed by atoms with E-state index >= 15 is 0 Å². The minimum Gasteiger partial charge on any atom is -0.467 e. The van der Waals surface area contributed by atoms with Crippen LogP contribution in [0.2, 0.25) is 0 Å². The minimum atomic E-state index is -0.252. The Kier molecular flexibility index (Phi) is 6.27. The largest absolute Gasteiger partial charge is 0.467 e. The Labute approximate surface area is 130 Å². The Morgan fingerprint density at radius 1 is 1.32 bits per heavy atom. The summed E-state index contributed by atoms with van der Waals surface area (Å²) in [6.45, 7) is 6.14. The van der Waals surface area contributed by atoms with Gasteiger partial charge < -0.3 is 19.4 Å². The normalized spacial score (nSPS) is 15.6. The van der Waals surface area contributed by atoms with Crippen molar-refractivity contribution in [1.29, 1.82) is 0 Å². The average Bonchev–Trinajstić information content (AvgIpc) is 3.05. The third-order valence-corrected chi connectivity index (χ3v) is 3.59. The second kappa shape index (κ2) is 8.43. The Morgan fingerprint density at radius 2 is 2.09 bits per heavy atom. The summed E-state index contributed by atoms with van der Waals surface area (Å²) in [6, 6.07) is 3.62. The zero-order valence-corrected chi connectivity index (χ0v) is 12.9. The van der Waals surface area contributed by atoms with E-state index in [4.69, 9.17) is 9.15 Å². The number of ether oxygens (including phenoxy) is 1. The van der Waals surface area contributed by atoms with Crippen molar-refractivity contribution in [2.24, 2.45) is 0 Å². The van der Waals surface area contributed by atoms with Gasteiger partial charge in [-0.3, -0.25) is 9.69 Å². The van der Waals surface area contributed by atoms with Gasteiger partial charge in [0.1, 0.15) is 5.76 Å². The second-order valence-corrected chi connectivity index (χ2v) is 5.13. The van der Waals surface area contributed by atoms with E-state index in [-0.39, 0.29) is 12.0 Å². The number of amides is 2. The van der Waals surface area contributed by atoms with Crippen molar-refractivity contribution in [3.63, 3.8) is 0 Å². The molecule has 7 nitrogen and oxygen atoms in total. The molecule has 22 heavy (non-hydrogen) atoms.